The number of methoxy groups -OCH3 is 1. The smallest absolute Gasteiger partial charge is 0.191 e. The molecule has 8 nitrogen and oxygen atoms in total. The molecule has 1 atom stereocenters. The molecule has 1 aliphatic heterocycles. The second-order valence-corrected chi connectivity index (χ2v) is 7.53. The number of aromatic nitrogens is 3. The van der Waals surface area contributed by atoms with E-state index in [2.05, 4.69) is 44.8 Å². The average Bonchev–Trinajstić information content (AvgIpc) is 3.16. The van der Waals surface area contributed by atoms with E-state index in [0.717, 1.165) is 75.2 Å². The number of guanidine groups is 1. The Hall–Kier alpha value is -2.61. The number of unbranched alkanes of at least 4 members (excludes halogenated alkanes) is 1. The summed E-state index contributed by atoms with van der Waals surface area (Å²) in [4.78, 5) is 8.90. The molecule has 0 spiro atoms. The first kappa shape index (κ1) is 22.1. The Balaban J connectivity index is 1.41. The molecule has 0 bridgehead atoms. The lowest BCUT2D eigenvalue weighted by Crippen LogP contribution is -2.47. The fourth-order valence-corrected chi connectivity index (χ4v) is 3.47. The molecular formula is C22H34N6O2. The Labute approximate surface area is 179 Å². The minimum absolute atomic E-state index is 0.278. The van der Waals surface area contributed by atoms with Gasteiger partial charge >= 0.3 is 0 Å². The molecule has 30 heavy (non-hydrogen) atoms. The molecule has 0 aliphatic carbocycles. The van der Waals surface area contributed by atoms with Crippen LogP contribution in [0.25, 0.3) is 0 Å². The van der Waals surface area contributed by atoms with Gasteiger partial charge in [-0.15, -0.1) is 0 Å². The van der Waals surface area contributed by atoms with E-state index in [0.29, 0.717) is 6.61 Å². The summed E-state index contributed by atoms with van der Waals surface area (Å²) in [5, 5.41) is 11.5. The van der Waals surface area contributed by atoms with E-state index < -0.39 is 0 Å². The number of aliphatic imine (C=N–C) groups is 1. The topological polar surface area (TPSA) is 85.6 Å². The summed E-state index contributed by atoms with van der Waals surface area (Å²) in [5.74, 6) is 3.54. The van der Waals surface area contributed by atoms with E-state index in [-0.39, 0.29) is 6.04 Å². The van der Waals surface area contributed by atoms with Crippen LogP contribution in [0, 0.1) is 0 Å². The number of fused-ring (bicyclic) bond motifs is 1. The molecule has 3 rings (SSSR count). The number of benzene rings is 1. The second kappa shape index (κ2) is 11.5. The number of hydrogen-bond donors (Lipinski definition) is 2. The minimum atomic E-state index is 0.278. The normalized spacial score (nSPS) is 16.2. The third kappa shape index (κ3) is 6.45. The quantitative estimate of drug-likeness (QED) is 0.353. The molecule has 0 amide bonds. The first-order chi connectivity index (χ1) is 14.7. The summed E-state index contributed by atoms with van der Waals surface area (Å²) in [5.41, 5.74) is 1.27. The molecule has 8 heteroatoms. The van der Waals surface area contributed by atoms with Crippen molar-refractivity contribution < 1.29 is 9.47 Å². The van der Waals surface area contributed by atoms with Crippen LogP contribution in [0.1, 0.15) is 43.4 Å². The summed E-state index contributed by atoms with van der Waals surface area (Å²) in [6.45, 7) is 5.00. The lowest BCUT2D eigenvalue weighted by atomic mass is 10.1. The van der Waals surface area contributed by atoms with Gasteiger partial charge in [-0.2, -0.15) is 5.10 Å². The minimum Gasteiger partial charge on any atom is -0.494 e. The lowest BCUT2D eigenvalue weighted by molar-refractivity contribution is 0.177. The van der Waals surface area contributed by atoms with Crippen LogP contribution in [0.2, 0.25) is 0 Å². The molecule has 1 aliphatic rings. The van der Waals surface area contributed by atoms with Crippen LogP contribution in [-0.2, 0) is 30.7 Å². The molecular weight excluding hydrogens is 380 g/mol. The van der Waals surface area contributed by atoms with Gasteiger partial charge < -0.3 is 20.1 Å². The summed E-state index contributed by atoms with van der Waals surface area (Å²) < 4.78 is 12.8. The first-order valence-corrected chi connectivity index (χ1v) is 10.8. The molecule has 1 aromatic heterocycles. The Morgan fingerprint density at radius 3 is 2.87 bits per heavy atom. The molecule has 1 unspecified atom stereocenters. The van der Waals surface area contributed by atoms with Crippen molar-refractivity contribution >= 4 is 5.96 Å². The number of rotatable bonds is 10. The maximum absolute atomic E-state index is 5.72. The van der Waals surface area contributed by atoms with Crippen LogP contribution in [-0.4, -0.2) is 54.1 Å². The van der Waals surface area contributed by atoms with Crippen molar-refractivity contribution in [2.45, 2.75) is 58.2 Å². The third-order valence-electron chi connectivity index (χ3n) is 5.14. The zero-order valence-electron chi connectivity index (χ0n) is 18.4. The molecule has 1 aromatic carbocycles. The van der Waals surface area contributed by atoms with E-state index in [1.165, 1.54) is 5.56 Å². The number of ether oxygens (including phenoxy) is 2. The highest BCUT2D eigenvalue weighted by Crippen LogP contribution is 2.14. The Morgan fingerprint density at radius 1 is 1.30 bits per heavy atom. The van der Waals surface area contributed by atoms with Gasteiger partial charge in [-0.25, -0.2) is 9.67 Å². The number of nitrogens with one attached hydrogen (secondary N) is 2. The molecule has 164 valence electrons. The van der Waals surface area contributed by atoms with Crippen LogP contribution in [0.4, 0.5) is 0 Å². The number of nitrogens with zero attached hydrogens (tertiary/aromatic N) is 4. The van der Waals surface area contributed by atoms with E-state index in [9.17, 15) is 0 Å². The Bertz CT molecular complexity index is 802. The number of aryl methyl sites for hydroxylation is 1. The van der Waals surface area contributed by atoms with Crippen LogP contribution in [0.15, 0.2) is 29.3 Å². The standard InChI is InChI=1S/C22H34N6O2/c1-4-5-14-30-19-9-6-17(7-10-19)12-13-24-22(23-2)25-18-8-11-21-26-20(16-29-3)27-28(21)15-18/h6-7,9-10,18H,4-5,8,11-16H2,1-3H3,(H2,23,24,25). The molecule has 2 N–H and O–H groups in total. The van der Waals surface area contributed by atoms with Crippen LogP contribution >= 0.6 is 0 Å². The molecule has 0 saturated carbocycles. The molecule has 0 saturated heterocycles. The van der Waals surface area contributed by atoms with E-state index in [1.54, 1.807) is 14.2 Å². The van der Waals surface area contributed by atoms with E-state index in [1.807, 2.05) is 16.8 Å². The Morgan fingerprint density at radius 2 is 2.13 bits per heavy atom. The van der Waals surface area contributed by atoms with Crippen molar-refractivity contribution in [2.24, 2.45) is 4.99 Å². The fourth-order valence-electron chi connectivity index (χ4n) is 3.47. The van der Waals surface area contributed by atoms with Crippen molar-refractivity contribution in [3.63, 3.8) is 0 Å². The largest absolute Gasteiger partial charge is 0.494 e. The summed E-state index contributed by atoms with van der Waals surface area (Å²) in [7, 11) is 3.47. The van der Waals surface area contributed by atoms with Crippen molar-refractivity contribution in [3.05, 3.63) is 41.5 Å². The predicted molar refractivity (Wildman–Crippen MR) is 118 cm³/mol. The van der Waals surface area contributed by atoms with Gasteiger partial charge in [-0.05, 0) is 37.0 Å². The first-order valence-electron chi connectivity index (χ1n) is 10.8. The van der Waals surface area contributed by atoms with E-state index in [4.69, 9.17) is 9.47 Å². The molecule has 0 fully saturated rings. The van der Waals surface area contributed by atoms with Crippen LogP contribution in [0.3, 0.4) is 0 Å². The third-order valence-corrected chi connectivity index (χ3v) is 5.14. The van der Waals surface area contributed by atoms with Gasteiger partial charge in [0, 0.05) is 33.2 Å². The Kier molecular flexibility index (Phi) is 8.50. The second-order valence-electron chi connectivity index (χ2n) is 7.53. The SMILES string of the molecule is CCCCOc1ccc(CCNC(=NC)NC2CCc3nc(COC)nn3C2)cc1. The van der Waals surface area contributed by atoms with Crippen molar-refractivity contribution in [3.8, 4) is 5.75 Å². The lowest BCUT2D eigenvalue weighted by Gasteiger charge is -2.25. The zero-order chi connectivity index (χ0) is 21.2. The van der Waals surface area contributed by atoms with Gasteiger partial charge in [0.15, 0.2) is 11.8 Å². The van der Waals surface area contributed by atoms with Gasteiger partial charge in [0.05, 0.1) is 13.2 Å². The van der Waals surface area contributed by atoms with Gasteiger partial charge in [0.1, 0.15) is 18.2 Å². The van der Waals surface area contributed by atoms with Crippen molar-refractivity contribution in [1.82, 2.24) is 25.4 Å². The predicted octanol–water partition coefficient (Wildman–Crippen LogP) is 2.33. The summed E-state index contributed by atoms with van der Waals surface area (Å²) in [6.07, 6.45) is 5.07. The van der Waals surface area contributed by atoms with E-state index >= 15 is 0 Å². The molecule has 2 heterocycles. The maximum atomic E-state index is 5.72. The van der Waals surface area contributed by atoms with Gasteiger partial charge in [-0.1, -0.05) is 25.5 Å². The van der Waals surface area contributed by atoms with Crippen molar-refractivity contribution in [2.75, 3.05) is 27.3 Å². The van der Waals surface area contributed by atoms with Crippen LogP contribution < -0.4 is 15.4 Å². The summed E-state index contributed by atoms with van der Waals surface area (Å²) >= 11 is 0. The van der Waals surface area contributed by atoms with Gasteiger partial charge in [0.2, 0.25) is 0 Å². The zero-order valence-corrected chi connectivity index (χ0v) is 18.4. The molecule has 0 radical (unpaired) electrons. The maximum Gasteiger partial charge on any atom is 0.191 e. The van der Waals surface area contributed by atoms with Crippen LogP contribution in [0.5, 0.6) is 5.75 Å². The summed E-state index contributed by atoms with van der Waals surface area (Å²) in [6, 6.07) is 8.63. The van der Waals surface area contributed by atoms with Crippen molar-refractivity contribution in [1.29, 1.82) is 0 Å². The highest BCUT2D eigenvalue weighted by atomic mass is 16.5. The monoisotopic (exact) mass is 414 g/mol. The average molecular weight is 415 g/mol. The number of hydrogen-bond acceptors (Lipinski definition) is 5. The van der Waals surface area contributed by atoms with Gasteiger partial charge in [0.25, 0.3) is 0 Å². The fraction of sp³-hybridized carbons (Fsp3) is 0.591. The highest BCUT2D eigenvalue weighted by Gasteiger charge is 2.22. The van der Waals surface area contributed by atoms with Gasteiger partial charge in [-0.3, -0.25) is 4.99 Å². The molecule has 2 aromatic rings. The highest BCUT2D eigenvalue weighted by molar-refractivity contribution is 5.79.